The van der Waals surface area contributed by atoms with Gasteiger partial charge in [0, 0.05) is 56.1 Å². The number of carbonyl (C=O) groups is 1. The van der Waals surface area contributed by atoms with Crippen LogP contribution in [0.2, 0.25) is 0 Å². The lowest BCUT2D eigenvalue weighted by Crippen LogP contribution is -2.30. The van der Waals surface area contributed by atoms with Gasteiger partial charge >= 0.3 is 0 Å². The molecule has 1 aliphatic rings. The van der Waals surface area contributed by atoms with Gasteiger partial charge < -0.3 is 10.2 Å². The summed E-state index contributed by atoms with van der Waals surface area (Å²) in [4.78, 5) is 28.3. The first-order chi connectivity index (χ1) is 15.2. The number of rotatable bonds is 4. The van der Waals surface area contributed by atoms with Crippen LogP contribution in [0.5, 0.6) is 0 Å². The molecule has 8 nitrogen and oxygen atoms in total. The first-order valence-electron chi connectivity index (χ1n) is 10.0. The maximum absolute atomic E-state index is 13.1. The second-order valence-corrected chi connectivity index (χ2v) is 7.48. The molecule has 0 unspecified atom stereocenters. The van der Waals surface area contributed by atoms with E-state index >= 15 is 0 Å². The number of amides is 1. The number of nitrogens with one attached hydrogen (secondary N) is 1. The number of aryl methyl sites for hydroxylation is 1. The quantitative estimate of drug-likeness (QED) is 0.555. The predicted octanol–water partition coefficient (Wildman–Crippen LogP) is 3.04. The monoisotopic (exact) mass is 411 g/mol. The molecule has 0 fully saturated rings. The Morgan fingerprint density at radius 2 is 1.94 bits per heavy atom. The van der Waals surface area contributed by atoms with Crippen molar-refractivity contribution in [3.05, 3.63) is 89.6 Å². The maximum atomic E-state index is 13.1. The average molecular weight is 411 g/mol. The third kappa shape index (κ3) is 3.87. The van der Waals surface area contributed by atoms with Crippen LogP contribution in [-0.4, -0.2) is 35.5 Å². The zero-order valence-electron chi connectivity index (χ0n) is 17.1. The second kappa shape index (κ2) is 7.98. The highest BCUT2D eigenvalue weighted by Crippen LogP contribution is 2.32. The molecule has 31 heavy (non-hydrogen) atoms. The summed E-state index contributed by atoms with van der Waals surface area (Å²) in [5, 5.41) is 7.54. The molecular formula is C23H21N7O. The van der Waals surface area contributed by atoms with Crippen LogP contribution in [-0.2, 0) is 26.7 Å². The lowest BCUT2D eigenvalue weighted by atomic mass is 10.0. The van der Waals surface area contributed by atoms with E-state index in [4.69, 9.17) is 4.98 Å². The maximum Gasteiger partial charge on any atom is 0.274 e. The van der Waals surface area contributed by atoms with E-state index in [0.29, 0.717) is 31.3 Å². The standard InChI is InChI=1S/C23H21N7O/c1-29-10-8-20(28-29)22(31)30-14-17-6-2-3-7-19(17)21-18(15-30)13-26-23(27-21)25-12-16-5-4-9-24-11-16/h2-11,13H,12,14-15H2,1H3,(H,25,26,27). The smallest absolute Gasteiger partial charge is 0.274 e. The number of pyridine rings is 1. The van der Waals surface area contributed by atoms with E-state index in [2.05, 4.69) is 20.4 Å². The number of fused-ring (bicyclic) bond motifs is 3. The van der Waals surface area contributed by atoms with Crippen LogP contribution >= 0.6 is 0 Å². The van der Waals surface area contributed by atoms with Gasteiger partial charge in [-0.05, 0) is 23.3 Å². The molecule has 0 saturated heterocycles. The average Bonchev–Trinajstić information content (AvgIpc) is 3.17. The Hall–Kier alpha value is -4.07. The van der Waals surface area contributed by atoms with Crippen molar-refractivity contribution in [1.29, 1.82) is 0 Å². The van der Waals surface area contributed by atoms with Crippen LogP contribution in [0.1, 0.15) is 27.2 Å². The van der Waals surface area contributed by atoms with Crippen molar-refractivity contribution < 1.29 is 4.79 Å². The van der Waals surface area contributed by atoms with Gasteiger partial charge in [-0.2, -0.15) is 5.10 Å². The molecule has 8 heteroatoms. The number of nitrogens with zero attached hydrogens (tertiary/aromatic N) is 6. The summed E-state index contributed by atoms with van der Waals surface area (Å²) >= 11 is 0. The molecule has 3 aromatic heterocycles. The number of aromatic nitrogens is 5. The number of anilines is 1. The third-order valence-electron chi connectivity index (χ3n) is 5.25. The van der Waals surface area contributed by atoms with Crippen molar-refractivity contribution in [2.24, 2.45) is 7.05 Å². The Morgan fingerprint density at radius 1 is 1.06 bits per heavy atom. The summed E-state index contributed by atoms with van der Waals surface area (Å²) in [5.74, 6) is 0.434. The van der Waals surface area contributed by atoms with Gasteiger partial charge in [-0.3, -0.25) is 14.5 Å². The van der Waals surface area contributed by atoms with Gasteiger partial charge in [0.05, 0.1) is 12.2 Å². The highest BCUT2D eigenvalue weighted by Gasteiger charge is 2.26. The van der Waals surface area contributed by atoms with E-state index in [0.717, 1.165) is 27.9 Å². The van der Waals surface area contributed by atoms with E-state index in [-0.39, 0.29) is 5.91 Å². The lowest BCUT2D eigenvalue weighted by molar-refractivity contribution is 0.0725. The van der Waals surface area contributed by atoms with Crippen molar-refractivity contribution in [2.75, 3.05) is 5.32 Å². The minimum absolute atomic E-state index is 0.109. The number of hydrogen-bond acceptors (Lipinski definition) is 6. The molecule has 154 valence electrons. The van der Waals surface area contributed by atoms with Gasteiger partial charge in [0.15, 0.2) is 0 Å². The van der Waals surface area contributed by atoms with Gasteiger partial charge in [-0.15, -0.1) is 0 Å². The first kappa shape index (κ1) is 18.9. The van der Waals surface area contributed by atoms with E-state index in [9.17, 15) is 4.79 Å². The molecule has 1 aliphatic heterocycles. The van der Waals surface area contributed by atoms with E-state index in [1.165, 1.54) is 0 Å². The van der Waals surface area contributed by atoms with Gasteiger partial charge in [0.25, 0.3) is 5.91 Å². The Morgan fingerprint density at radius 3 is 2.74 bits per heavy atom. The molecule has 0 spiro atoms. The minimum Gasteiger partial charge on any atom is -0.350 e. The van der Waals surface area contributed by atoms with Crippen LogP contribution < -0.4 is 5.32 Å². The Kier molecular flexibility index (Phi) is 4.87. The van der Waals surface area contributed by atoms with Gasteiger partial charge in [-0.1, -0.05) is 30.3 Å². The van der Waals surface area contributed by atoms with Crippen molar-refractivity contribution in [3.63, 3.8) is 0 Å². The second-order valence-electron chi connectivity index (χ2n) is 7.48. The summed E-state index contributed by atoms with van der Waals surface area (Å²) in [7, 11) is 1.80. The molecule has 1 amide bonds. The normalized spacial score (nSPS) is 12.6. The van der Waals surface area contributed by atoms with Crippen LogP contribution in [0.4, 0.5) is 5.95 Å². The summed E-state index contributed by atoms with van der Waals surface area (Å²) in [5.41, 5.74) is 5.28. The van der Waals surface area contributed by atoms with Crippen LogP contribution in [0.15, 0.2) is 67.3 Å². The molecule has 1 aromatic carbocycles. The molecule has 0 radical (unpaired) electrons. The largest absolute Gasteiger partial charge is 0.350 e. The van der Waals surface area contributed by atoms with Crippen molar-refractivity contribution >= 4 is 11.9 Å². The van der Waals surface area contributed by atoms with Crippen molar-refractivity contribution in [2.45, 2.75) is 19.6 Å². The molecule has 1 N–H and O–H groups in total. The molecule has 0 bridgehead atoms. The lowest BCUT2D eigenvalue weighted by Gasteiger charge is -2.20. The summed E-state index contributed by atoms with van der Waals surface area (Å²) in [6.07, 6.45) is 7.13. The molecule has 0 aliphatic carbocycles. The topological polar surface area (TPSA) is 88.8 Å². The van der Waals surface area contributed by atoms with Gasteiger partial charge in [0.1, 0.15) is 5.69 Å². The number of hydrogen-bond donors (Lipinski definition) is 1. The van der Waals surface area contributed by atoms with Gasteiger partial charge in [0.2, 0.25) is 5.95 Å². The fraction of sp³-hybridized carbons (Fsp3) is 0.174. The zero-order valence-corrected chi connectivity index (χ0v) is 17.1. The van der Waals surface area contributed by atoms with Crippen molar-refractivity contribution in [3.8, 4) is 11.3 Å². The fourth-order valence-electron chi connectivity index (χ4n) is 3.72. The molecule has 5 rings (SSSR count). The Balaban J connectivity index is 1.47. The molecule has 0 saturated carbocycles. The molecular weight excluding hydrogens is 390 g/mol. The SMILES string of the molecule is Cn1ccc(C(=O)N2Cc3ccccc3-c3nc(NCc4cccnc4)ncc3C2)n1. The predicted molar refractivity (Wildman–Crippen MR) is 116 cm³/mol. The van der Waals surface area contributed by atoms with Crippen molar-refractivity contribution in [1.82, 2.24) is 29.6 Å². The summed E-state index contributed by atoms with van der Waals surface area (Å²) in [6.45, 7) is 1.49. The van der Waals surface area contributed by atoms with E-state index < -0.39 is 0 Å². The number of benzene rings is 1. The Labute approximate surface area is 179 Å². The van der Waals surface area contributed by atoms with Crippen LogP contribution in [0, 0.1) is 0 Å². The fourth-order valence-corrected chi connectivity index (χ4v) is 3.72. The zero-order chi connectivity index (χ0) is 21.2. The third-order valence-corrected chi connectivity index (χ3v) is 5.25. The molecule has 4 aromatic rings. The Bertz CT molecular complexity index is 1240. The molecule has 4 heterocycles. The number of carbonyl (C=O) groups excluding carboxylic acids is 1. The molecule has 0 atom stereocenters. The minimum atomic E-state index is -0.109. The first-order valence-corrected chi connectivity index (χ1v) is 10.0. The highest BCUT2D eigenvalue weighted by atomic mass is 16.2. The summed E-state index contributed by atoms with van der Waals surface area (Å²) < 4.78 is 1.64. The highest BCUT2D eigenvalue weighted by molar-refractivity contribution is 5.92. The summed E-state index contributed by atoms with van der Waals surface area (Å²) in [6, 6.07) is 13.7. The van der Waals surface area contributed by atoms with E-state index in [1.807, 2.05) is 42.6 Å². The van der Waals surface area contributed by atoms with Crippen LogP contribution in [0.25, 0.3) is 11.3 Å². The van der Waals surface area contributed by atoms with Gasteiger partial charge in [-0.25, -0.2) is 9.97 Å². The van der Waals surface area contributed by atoms with E-state index in [1.54, 1.807) is 41.3 Å². The van der Waals surface area contributed by atoms with Crippen LogP contribution in [0.3, 0.4) is 0 Å².